The van der Waals surface area contributed by atoms with Crippen molar-refractivity contribution in [3.8, 4) is 5.75 Å². The fraction of sp³-hybridized carbons (Fsp3) is 0. The van der Waals surface area contributed by atoms with E-state index in [-0.39, 0.29) is 36.4 Å². The minimum absolute atomic E-state index is 0. The first kappa shape index (κ1) is 17.4. The van der Waals surface area contributed by atoms with Crippen LogP contribution in [-0.2, 0) is 20.2 Å². The molecule has 0 bridgehead atoms. The summed E-state index contributed by atoms with van der Waals surface area (Å²) in [5.74, 6) is -0.658. The van der Waals surface area contributed by atoms with Crippen molar-refractivity contribution in [1.82, 2.24) is 0 Å². The number of fused-ring (bicyclic) bond motifs is 1. The molecule has 0 spiro atoms. The van der Waals surface area contributed by atoms with E-state index in [1.165, 1.54) is 6.07 Å². The Morgan fingerprint density at radius 3 is 1.95 bits per heavy atom. The minimum atomic E-state index is -4.64. The maximum absolute atomic E-state index is 11.0. The van der Waals surface area contributed by atoms with Crippen molar-refractivity contribution in [2.45, 2.75) is 9.79 Å². The molecule has 104 valence electrons. The van der Waals surface area contributed by atoms with Gasteiger partial charge in [0.25, 0.3) is 20.2 Å². The van der Waals surface area contributed by atoms with Gasteiger partial charge in [-0.05, 0) is 35.0 Å². The molecule has 0 aliphatic heterocycles. The zero-order valence-electron chi connectivity index (χ0n) is 11.2. The molecule has 2 aromatic rings. The molecule has 0 radical (unpaired) electrons. The Balaban J connectivity index is 0.00000200. The van der Waals surface area contributed by atoms with Crippen LogP contribution in [0.15, 0.2) is 40.1 Å². The van der Waals surface area contributed by atoms with Gasteiger partial charge in [0.05, 0.1) is 4.90 Å². The van der Waals surface area contributed by atoms with Crippen LogP contribution in [0.2, 0.25) is 0 Å². The predicted octanol–water partition coefficient (Wildman–Crippen LogP) is -1.84. The van der Waals surface area contributed by atoms with Crippen molar-refractivity contribution in [2.75, 3.05) is 0 Å². The quantitative estimate of drug-likeness (QED) is 0.436. The molecule has 0 unspecified atom stereocenters. The van der Waals surface area contributed by atoms with Crippen LogP contribution in [0.5, 0.6) is 5.75 Å². The van der Waals surface area contributed by atoms with Crippen molar-refractivity contribution >= 4 is 31.0 Å². The van der Waals surface area contributed by atoms with Gasteiger partial charge in [0.1, 0.15) is 10.6 Å². The molecular weight excluding hydrogens is 319 g/mol. The summed E-state index contributed by atoms with van der Waals surface area (Å²) in [5, 5.41) is 9.94. The van der Waals surface area contributed by atoms with Crippen LogP contribution in [0.25, 0.3) is 10.8 Å². The third-order valence-electron chi connectivity index (χ3n) is 2.47. The largest absolute Gasteiger partial charge is 1.00 e. The van der Waals surface area contributed by atoms with Gasteiger partial charge in [0, 0.05) is 0 Å². The normalized spacial score (nSPS) is 12.1. The van der Waals surface area contributed by atoms with Crippen LogP contribution < -0.4 is 29.6 Å². The molecular formula is C10H9NaO7S2. The first-order valence-electron chi connectivity index (χ1n) is 4.81. The SMILES string of the molecule is O=S(=O)(O)c1ccc2cc(O)c(S(=O)(=O)O)cc2c1.[H-].[Na+]. The zero-order valence-corrected chi connectivity index (χ0v) is 13.8. The van der Waals surface area contributed by atoms with Gasteiger partial charge >= 0.3 is 29.6 Å². The summed E-state index contributed by atoms with van der Waals surface area (Å²) >= 11 is 0. The summed E-state index contributed by atoms with van der Waals surface area (Å²) in [5.41, 5.74) is 0. The van der Waals surface area contributed by atoms with Gasteiger partial charge in [-0.15, -0.1) is 0 Å². The molecule has 0 aliphatic carbocycles. The van der Waals surface area contributed by atoms with Gasteiger partial charge in [0.2, 0.25) is 0 Å². The summed E-state index contributed by atoms with van der Waals surface area (Å²) < 4.78 is 61.7. The second-order valence-electron chi connectivity index (χ2n) is 3.78. The van der Waals surface area contributed by atoms with Crippen LogP contribution in [0, 0.1) is 0 Å². The van der Waals surface area contributed by atoms with E-state index >= 15 is 0 Å². The van der Waals surface area contributed by atoms with Gasteiger partial charge in [0.15, 0.2) is 0 Å². The van der Waals surface area contributed by atoms with E-state index < -0.39 is 35.8 Å². The number of hydrogen-bond acceptors (Lipinski definition) is 5. The standard InChI is InChI=1S/C10H8O7S2.Na.H/c11-9-4-6-1-2-8(18(12,13)14)3-7(6)5-10(9)19(15,16)17;;/h1-5,11H,(H,12,13,14)(H,15,16,17);;/q;+1;-1. The second-order valence-corrected chi connectivity index (χ2v) is 6.59. The van der Waals surface area contributed by atoms with Crippen LogP contribution in [0.1, 0.15) is 1.43 Å². The topological polar surface area (TPSA) is 129 Å². The molecule has 0 fully saturated rings. The number of aromatic hydroxyl groups is 1. The Labute approximate surface area is 138 Å². The first-order chi connectivity index (χ1) is 8.59. The van der Waals surface area contributed by atoms with E-state index in [0.29, 0.717) is 5.39 Å². The molecule has 2 aromatic carbocycles. The monoisotopic (exact) mass is 328 g/mol. The molecule has 0 amide bonds. The summed E-state index contributed by atoms with van der Waals surface area (Å²) in [6.45, 7) is 0. The van der Waals surface area contributed by atoms with E-state index in [2.05, 4.69) is 0 Å². The maximum atomic E-state index is 11.0. The van der Waals surface area contributed by atoms with E-state index in [0.717, 1.165) is 24.3 Å². The second kappa shape index (κ2) is 5.60. The molecule has 2 rings (SSSR count). The third kappa shape index (κ3) is 3.50. The van der Waals surface area contributed by atoms with E-state index in [9.17, 15) is 21.9 Å². The summed E-state index contributed by atoms with van der Waals surface area (Å²) in [6, 6.07) is 5.38. The van der Waals surface area contributed by atoms with Crippen molar-refractivity contribution in [3.63, 3.8) is 0 Å². The fourth-order valence-corrected chi connectivity index (χ4v) is 2.72. The predicted molar refractivity (Wildman–Crippen MR) is 66.4 cm³/mol. The van der Waals surface area contributed by atoms with Gasteiger partial charge in [-0.1, -0.05) is 6.07 Å². The Bertz CT molecular complexity index is 878. The fourth-order valence-electron chi connectivity index (χ4n) is 1.61. The Hall–Kier alpha value is -0.680. The number of phenols is 1. The van der Waals surface area contributed by atoms with Crippen molar-refractivity contribution in [2.24, 2.45) is 0 Å². The van der Waals surface area contributed by atoms with Crippen molar-refractivity contribution in [3.05, 3.63) is 30.3 Å². The van der Waals surface area contributed by atoms with Gasteiger partial charge in [-0.25, -0.2) is 0 Å². The van der Waals surface area contributed by atoms with Crippen molar-refractivity contribution < 1.29 is 62.0 Å². The first-order valence-corrected chi connectivity index (χ1v) is 7.69. The molecule has 0 heterocycles. The average Bonchev–Trinajstić information content (AvgIpc) is 2.24. The molecule has 20 heavy (non-hydrogen) atoms. The van der Waals surface area contributed by atoms with Crippen LogP contribution in [0.3, 0.4) is 0 Å². The van der Waals surface area contributed by atoms with Crippen LogP contribution >= 0.6 is 0 Å². The molecule has 0 atom stereocenters. The Morgan fingerprint density at radius 2 is 1.45 bits per heavy atom. The van der Waals surface area contributed by atoms with Crippen molar-refractivity contribution in [1.29, 1.82) is 0 Å². The van der Waals surface area contributed by atoms with E-state index in [1.54, 1.807) is 0 Å². The number of hydrogen-bond donors (Lipinski definition) is 3. The summed E-state index contributed by atoms with van der Waals surface area (Å²) in [4.78, 5) is -1.17. The van der Waals surface area contributed by atoms with Gasteiger partial charge < -0.3 is 6.53 Å². The molecule has 0 saturated heterocycles. The molecule has 0 aliphatic rings. The molecule has 0 aromatic heterocycles. The number of rotatable bonds is 2. The van der Waals surface area contributed by atoms with E-state index in [4.69, 9.17) is 9.11 Å². The molecule has 7 nitrogen and oxygen atoms in total. The third-order valence-corrected chi connectivity index (χ3v) is 4.20. The molecule has 10 heteroatoms. The van der Waals surface area contributed by atoms with Crippen LogP contribution in [0.4, 0.5) is 0 Å². The molecule has 0 saturated carbocycles. The summed E-state index contributed by atoms with van der Waals surface area (Å²) in [6.07, 6.45) is 0. The summed E-state index contributed by atoms with van der Waals surface area (Å²) in [7, 11) is -9.06. The van der Waals surface area contributed by atoms with Gasteiger partial charge in [-0.2, -0.15) is 16.8 Å². The Kier molecular flexibility index (Phi) is 4.87. The van der Waals surface area contributed by atoms with Gasteiger partial charge in [-0.3, -0.25) is 9.11 Å². The number of phenolic OH excluding ortho intramolecular Hbond substituents is 1. The van der Waals surface area contributed by atoms with E-state index in [1.807, 2.05) is 0 Å². The molecule has 3 N–H and O–H groups in total. The number of benzene rings is 2. The average molecular weight is 328 g/mol. The smallest absolute Gasteiger partial charge is 1.00 e. The minimum Gasteiger partial charge on any atom is -1.00 e. The zero-order chi connectivity index (χ0) is 14.4. The van der Waals surface area contributed by atoms with Crippen LogP contribution in [-0.4, -0.2) is 31.0 Å². The Morgan fingerprint density at radius 1 is 0.850 bits per heavy atom. The maximum Gasteiger partial charge on any atom is 1.00 e.